The van der Waals surface area contributed by atoms with Crippen LogP contribution in [0.2, 0.25) is 0 Å². The summed E-state index contributed by atoms with van der Waals surface area (Å²) in [6.45, 7) is 1.27. The van der Waals surface area contributed by atoms with Gasteiger partial charge < -0.3 is 12.8 Å². The van der Waals surface area contributed by atoms with Crippen molar-refractivity contribution in [1.29, 1.82) is 0 Å². The van der Waals surface area contributed by atoms with Crippen molar-refractivity contribution in [3.63, 3.8) is 0 Å². The van der Waals surface area contributed by atoms with E-state index < -0.39 is 12.1 Å². The summed E-state index contributed by atoms with van der Waals surface area (Å²) in [7, 11) is 0. The van der Waals surface area contributed by atoms with Crippen LogP contribution in [0.15, 0.2) is 0 Å². The van der Waals surface area contributed by atoms with Crippen molar-refractivity contribution in [2.75, 3.05) is 0 Å². The molecule has 3 N–H and O–H groups in total. The molecule has 0 saturated heterocycles. The van der Waals surface area contributed by atoms with Gasteiger partial charge in [0.15, 0.2) is 6.10 Å². The van der Waals surface area contributed by atoms with Crippen LogP contribution in [-0.2, 0) is 9.63 Å². The van der Waals surface area contributed by atoms with Gasteiger partial charge in [-0.2, -0.15) is 5.90 Å². The van der Waals surface area contributed by atoms with Gasteiger partial charge in [-0.05, 0) is 6.92 Å². The van der Waals surface area contributed by atoms with Crippen LogP contribution in [0.1, 0.15) is 9.78 Å². The molecule has 0 aliphatic heterocycles. The number of aliphatic hydroxyl groups excluding tert-OH is 1. The zero-order valence-corrected chi connectivity index (χ0v) is 6.83. The van der Waals surface area contributed by atoms with Crippen LogP contribution >= 0.6 is 0 Å². The first-order chi connectivity index (χ1) is 3.18. The molecule has 0 aliphatic carbocycles. The standard InChI is InChI=1S/C3H7NO3.Ca.2H/c1-2(5)3(6)7-4;;;/h2,5H,4H2,1H3;;;/q;+2;2*-1. The second-order valence-electron chi connectivity index (χ2n) is 1.11. The fraction of sp³-hybridized carbons (Fsp3) is 0.667. The van der Waals surface area contributed by atoms with Crippen LogP contribution in [-0.4, -0.2) is 54.9 Å². The zero-order valence-electron chi connectivity index (χ0n) is 6.63. The van der Waals surface area contributed by atoms with Crippen LogP contribution in [0.4, 0.5) is 0 Å². The molecule has 1 atom stereocenters. The van der Waals surface area contributed by atoms with E-state index in [1.54, 1.807) is 0 Å². The summed E-state index contributed by atoms with van der Waals surface area (Å²) < 4.78 is 0. The van der Waals surface area contributed by atoms with Gasteiger partial charge in [0, 0.05) is 0 Å². The molecule has 0 spiro atoms. The Morgan fingerprint density at radius 3 is 2.38 bits per heavy atom. The molecule has 8 heavy (non-hydrogen) atoms. The predicted octanol–water partition coefficient (Wildman–Crippen LogP) is -1.37. The first-order valence-corrected chi connectivity index (χ1v) is 1.77. The third kappa shape index (κ3) is 4.80. The number of carbonyl (C=O) groups is 1. The second kappa shape index (κ2) is 5.78. The Morgan fingerprint density at radius 1 is 2.00 bits per heavy atom. The largest absolute Gasteiger partial charge is 2.00 e. The Morgan fingerprint density at radius 2 is 2.38 bits per heavy atom. The molecule has 0 heterocycles. The summed E-state index contributed by atoms with van der Waals surface area (Å²) in [6.07, 6.45) is -1.12. The third-order valence-corrected chi connectivity index (χ3v) is 0.457. The maximum Gasteiger partial charge on any atom is 2.00 e. The van der Waals surface area contributed by atoms with E-state index in [0.717, 1.165) is 0 Å². The van der Waals surface area contributed by atoms with Gasteiger partial charge in [0.1, 0.15) is 0 Å². The third-order valence-electron chi connectivity index (χ3n) is 0.457. The van der Waals surface area contributed by atoms with Crippen LogP contribution in [0.5, 0.6) is 0 Å². The molecular weight excluding hydrogens is 138 g/mol. The van der Waals surface area contributed by atoms with Gasteiger partial charge in [-0.15, -0.1) is 0 Å². The van der Waals surface area contributed by atoms with Crippen molar-refractivity contribution in [1.82, 2.24) is 0 Å². The molecular formula is C3H9CaNO3. The first kappa shape index (κ1) is 11.4. The Labute approximate surface area is 79.9 Å². The van der Waals surface area contributed by atoms with Gasteiger partial charge in [0.2, 0.25) is 0 Å². The minimum Gasteiger partial charge on any atom is -1.00 e. The van der Waals surface area contributed by atoms with E-state index in [0.29, 0.717) is 0 Å². The Hall–Kier alpha value is 0.650. The SMILES string of the molecule is CC(O)C(=O)ON.[Ca+2].[H-].[H-]. The average Bonchev–Trinajstić information content (AvgIpc) is 1.65. The monoisotopic (exact) mass is 147 g/mol. The summed E-state index contributed by atoms with van der Waals surface area (Å²) >= 11 is 0. The van der Waals surface area contributed by atoms with E-state index in [-0.39, 0.29) is 40.6 Å². The van der Waals surface area contributed by atoms with Crippen molar-refractivity contribution in [2.45, 2.75) is 13.0 Å². The molecule has 0 aromatic heterocycles. The van der Waals surface area contributed by atoms with Gasteiger partial charge >= 0.3 is 43.7 Å². The molecule has 0 aromatic carbocycles. The molecule has 5 heteroatoms. The molecule has 46 valence electrons. The van der Waals surface area contributed by atoms with E-state index in [9.17, 15) is 4.79 Å². The van der Waals surface area contributed by atoms with Gasteiger partial charge in [-0.25, -0.2) is 4.79 Å². The van der Waals surface area contributed by atoms with Crippen molar-refractivity contribution >= 4 is 43.7 Å². The first-order valence-electron chi connectivity index (χ1n) is 1.77. The summed E-state index contributed by atoms with van der Waals surface area (Å²) in [6, 6.07) is 0. The Balaban J connectivity index is -0.0000000600. The fourth-order valence-electron chi connectivity index (χ4n) is 0.0985. The van der Waals surface area contributed by atoms with Gasteiger partial charge in [-0.3, -0.25) is 0 Å². The number of nitrogens with two attached hydrogens (primary N) is 1. The molecule has 1 unspecified atom stereocenters. The Kier molecular flexibility index (Phi) is 8.27. The number of rotatable bonds is 1. The molecule has 0 radical (unpaired) electrons. The van der Waals surface area contributed by atoms with Crippen molar-refractivity contribution < 1.29 is 17.6 Å². The van der Waals surface area contributed by atoms with Crippen LogP contribution in [0.25, 0.3) is 0 Å². The quantitative estimate of drug-likeness (QED) is 0.354. The topological polar surface area (TPSA) is 72.5 Å². The van der Waals surface area contributed by atoms with Crippen molar-refractivity contribution in [2.24, 2.45) is 5.90 Å². The summed E-state index contributed by atoms with van der Waals surface area (Å²) in [5.74, 6) is 3.54. The Bertz CT molecular complexity index is 82.1. The number of aliphatic hydroxyl groups is 1. The summed E-state index contributed by atoms with van der Waals surface area (Å²) in [4.78, 5) is 13.5. The molecule has 0 aromatic rings. The van der Waals surface area contributed by atoms with Gasteiger partial charge in [0.25, 0.3) is 0 Å². The van der Waals surface area contributed by atoms with E-state index in [1.807, 2.05) is 0 Å². The maximum atomic E-state index is 9.91. The predicted molar refractivity (Wildman–Crippen MR) is 29.9 cm³/mol. The molecule has 4 nitrogen and oxygen atoms in total. The fourth-order valence-corrected chi connectivity index (χ4v) is 0.0985. The molecule has 0 aliphatic rings. The summed E-state index contributed by atoms with van der Waals surface area (Å²) in [5.41, 5.74) is 0. The average molecular weight is 147 g/mol. The molecule has 0 fully saturated rings. The van der Waals surface area contributed by atoms with Crippen molar-refractivity contribution in [3.8, 4) is 0 Å². The number of carbonyl (C=O) groups excluding carboxylic acids is 1. The molecule has 0 saturated carbocycles. The van der Waals surface area contributed by atoms with Gasteiger partial charge in [0.05, 0.1) is 0 Å². The number of hydrogen-bond donors (Lipinski definition) is 2. The van der Waals surface area contributed by atoms with E-state index in [4.69, 9.17) is 5.11 Å². The van der Waals surface area contributed by atoms with Crippen LogP contribution in [0, 0.1) is 0 Å². The second-order valence-corrected chi connectivity index (χ2v) is 1.11. The zero-order chi connectivity index (χ0) is 5.86. The van der Waals surface area contributed by atoms with E-state index >= 15 is 0 Å². The van der Waals surface area contributed by atoms with Crippen LogP contribution in [0.3, 0.4) is 0 Å². The normalized spacial score (nSPS) is 11.4. The minimum absolute atomic E-state index is 0. The number of hydrogen-bond acceptors (Lipinski definition) is 4. The smallest absolute Gasteiger partial charge is 1.00 e. The van der Waals surface area contributed by atoms with E-state index in [2.05, 4.69) is 10.7 Å². The molecule has 0 rings (SSSR count). The maximum absolute atomic E-state index is 9.91. The molecule has 0 bridgehead atoms. The van der Waals surface area contributed by atoms with Gasteiger partial charge in [-0.1, -0.05) is 0 Å². The van der Waals surface area contributed by atoms with Crippen molar-refractivity contribution in [3.05, 3.63) is 0 Å². The van der Waals surface area contributed by atoms with Crippen LogP contribution < -0.4 is 5.90 Å². The summed E-state index contributed by atoms with van der Waals surface area (Å²) in [5, 5.41) is 8.27. The minimum atomic E-state index is -1.12. The van der Waals surface area contributed by atoms with E-state index in [1.165, 1.54) is 6.92 Å². The molecule has 0 amide bonds.